The molecule has 1 saturated heterocycles. The first-order valence-corrected chi connectivity index (χ1v) is 5.26. The minimum absolute atomic E-state index is 0.0703. The number of hydrogen-bond acceptors (Lipinski definition) is 2. The molecule has 1 aliphatic carbocycles. The van der Waals surface area contributed by atoms with Gasteiger partial charge in [-0.05, 0) is 17.2 Å². The zero-order valence-electron chi connectivity index (χ0n) is 8.40. The fraction of sp³-hybridized carbons (Fsp3) is 0.308. The van der Waals surface area contributed by atoms with E-state index in [1.165, 1.54) is 11.1 Å². The molecule has 3 rings (SSSR count). The maximum absolute atomic E-state index is 11.2. The van der Waals surface area contributed by atoms with Crippen LogP contribution >= 0.6 is 0 Å². The van der Waals surface area contributed by atoms with E-state index >= 15 is 0 Å². The Morgan fingerprint density at radius 1 is 1.27 bits per heavy atom. The average Bonchev–Trinajstić information content (AvgIpc) is 2.60. The van der Waals surface area contributed by atoms with E-state index in [2.05, 4.69) is 18.2 Å². The van der Waals surface area contributed by atoms with Gasteiger partial charge in [-0.3, -0.25) is 4.79 Å². The third-order valence-corrected chi connectivity index (χ3v) is 3.18. The molecule has 1 fully saturated rings. The summed E-state index contributed by atoms with van der Waals surface area (Å²) in [5.74, 6) is -0.0703. The summed E-state index contributed by atoms with van der Waals surface area (Å²) in [7, 11) is 0. The first kappa shape index (κ1) is 8.72. The Morgan fingerprint density at radius 3 is 2.93 bits per heavy atom. The highest BCUT2D eigenvalue weighted by molar-refractivity contribution is 5.74. The lowest BCUT2D eigenvalue weighted by atomic mass is 9.84. The van der Waals surface area contributed by atoms with Gasteiger partial charge in [-0.15, -0.1) is 0 Å². The van der Waals surface area contributed by atoms with E-state index in [-0.39, 0.29) is 11.6 Å². The summed E-state index contributed by atoms with van der Waals surface area (Å²) in [6.07, 6.45) is 6.30. The average molecular weight is 200 g/mol. The van der Waals surface area contributed by atoms with Gasteiger partial charge in [0.15, 0.2) is 0 Å². The molecule has 0 radical (unpaired) electrons. The van der Waals surface area contributed by atoms with Crippen LogP contribution in [0, 0.1) is 0 Å². The minimum atomic E-state index is -0.342. The van der Waals surface area contributed by atoms with Crippen LogP contribution in [0.4, 0.5) is 0 Å². The summed E-state index contributed by atoms with van der Waals surface area (Å²) < 4.78 is 5.42. The predicted octanol–water partition coefficient (Wildman–Crippen LogP) is 2.33. The van der Waals surface area contributed by atoms with Crippen LogP contribution in [0.5, 0.6) is 0 Å². The van der Waals surface area contributed by atoms with Crippen molar-refractivity contribution < 1.29 is 9.53 Å². The molecule has 2 aliphatic rings. The van der Waals surface area contributed by atoms with E-state index in [0.29, 0.717) is 6.42 Å². The maximum atomic E-state index is 11.2. The molecule has 1 atom stereocenters. The molecular formula is C13H12O2. The summed E-state index contributed by atoms with van der Waals surface area (Å²) in [6.45, 7) is 0. The first-order chi connectivity index (χ1) is 7.27. The van der Waals surface area contributed by atoms with E-state index < -0.39 is 0 Å². The monoisotopic (exact) mass is 200 g/mol. The molecule has 1 unspecified atom stereocenters. The van der Waals surface area contributed by atoms with Gasteiger partial charge in [-0.2, -0.15) is 0 Å². The molecule has 2 heteroatoms. The molecule has 0 N–H and O–H groups in total. The van der Waals surface area contributed by atoms with Crippen molar-refractivity contribution in [3.8, 4) is 0 Å². The molecule has 1 aromatic rings. The summed E-state index contributed by atoms with van der Waals surface area (Å²) in [4.78, 5) is 11.2. The molecule has 76 valence electrons. The molecule has 1 heterocycles. The van der Waals surface area contributed by atoms with Gasteiger partial charge in [0.05, 0.1) is 0 Å². The summed E-state index contributed by atoms with van der Waals surface area (Å²) in [5, 5.41) is 0. The molecule has 1 aliphatic heterocycles. The van der Waals surface area contributed by atoms with Crippen LogP contribution in [0.3, 0.4) is 0 Å². The van der Waals surface area contributed by atoms with E-state index in [9.17, 15) is 4.79 Å². The number of fused-ring (bicyclic) bond motifs is 1. The summed E-state index contributed by atoms with van der Waals surface area (Å²) in [5.41, 5.74) is 2.17. The Labute approximate surface area is 88.6 Å². The second-order valence-corrected chi connectivity index (χ2v) is 4.25. The minimum Gasteiger partial charge on any atom is -0.454 e. The third kappa shape index (κ3) is 1.37. The van der Waals surface area contributed by atoms with E-state index in [4.69, 9.17) is 4.74 Å². The van der Waals surface area contributed by atoms with Gasteiger partial charge in [-0.25, -0.2) is 0 Å². The van der Waals surface area contributed by atoms with Crippen LogP contribution in [-0.4, -0.2) is 11.6 Å². The lowest BCUT2D eigenvalue weighted by molar-refractivity contribution is -0.145. The normalized spacial score (nSPS) is 27.9. The van der Waals surface area contributed by atoms with E-state index in [1.54, 1.807) is 0 Å². The van der Waals surface area contributed by atoms with Crippen LogP contribution in [0.1, 0.15) is 24.0 Å². The molecule has 15 heavy (non-hydrogen) atoms. The van der Waals surface area contributed by atoms with Crippen LogP contribution < -0.4 is 0 Å². The molecule has 1 aromatic carbocycles. The molecule has 0 saturated carbocycles. The maximum Gasteiger partial charge on any atom is 0.306 e. The second-order valence-electron chi connectivity index (χ2n) is 4.25. The standard InChI is InChI=1S/C13H12O2/c14-12-6-8-13(15-12)7-5-10-3-1-2-4-11(10)9-13/h1-5,7H,6,8-9H2. The van der Waals surface area contributed by atoms with Crippen molar-refractivity contribution in [2.45, 2.75) is 24.9 Å². The van der Waals surface area contributed by atoms with Crippen molar-refractivity contribution in [2.75, 3.05) is 0 Å². The quantitative estimate of drug-likeness (QED) is 0.601. The Hall–Kier alpha value is -1.57. The molecular weight excluding hydrogens is 188 g/mol. The van der Waals surface area contributed by atoms with Crippen molar-refractivity contribution in [1.29, 1.82) is 0 Å². The van der Waals surface area contributed by atoms with Crippen LogP contribution in [0.2, 0.25) is 0 Å². The van der Waals surface area contributed by atoms with Crippen molar-refractivity contribution in [3.05, 3.63) is 41.5 Å². The van der Waals surface area contributed by atoms with Gasteiger partial charge in [0.25, 0.3) is 0 Å². The molecule has 0 bridgehead atoms. The zero-order chi connectivity index (χ0) is 10.3. The largest absolute Gasteiger partial charge is 0.454 e. The molecule has 0 amide bonds. The number of carbonyl (C=O) groups is 1. The number of carbonyl (C=O) groups excluding carboxylic acids is 1. The summed E-state index contributed by atoms with van der Waals surface area (Å²) in [6, 6.07) is 8.26. The van der Waals surface area contributed by atoms with Gasteiger partial charge in [-0.1, -0.05) is 30.3 Å². The van der Waals surface area contributed by atoms with Crippen molar-refractivity contribution in [1.82, 2.24) is 0 Å². The van der Waals surface area contributed by atoms with Crippen molar-refractivity contribution in [2.24, 2.45) is 0 Å². The SMILES string of the molecule is O=C1CCC2(C=Cc3ccccc3C2)O1. The highest BCUT2D eigenvalue weighted by atomic mass is 16.6. The lowest BCUT2D eigenvalue weighted by Crippen LogP contribution is -2.30. The fourth-order valence-electron chi connectivity index (χ4n) is 2.36. The van der Waals surface area contributed by atoms with Crippen LogP contribution in [0.15, 0.2) is 30.3 Å². The molecule has 0 aromatic heterocycles. The third-order valence-electron chi connectivity index (χ3n) is 3.18. The number of esters is 1. The lowest BCUT2D eigenvalue weighted by Gasteiger charge is -2.28. The smallest absolute Gasteiger partial charge is 0.306 e. The van der Waals surface area contributed by atoms with Crippen LogP contribution in [-0.2, 0) is 16.0 Å². The highest BCUT2D eigenvalue weighted by Crippen LogP contribution is 2.36. The highest BCUT2D eigenvalue weighted by Gasteiger charge is 2.39. The zero-order valence-corrected chi connectivity index (χ0v) is 8.40. The number of hydrogen-bond donors (Lipinski definition) is 0. The predicted molar refractivity (Wildman–Crippen MR) is 57.2 cm³/mol. The van der Waals surface area contributed by atoms with Crippen molar-refractivity contribution >= 4 is 12.0 Å². The topological polar surface area (TPSA) is 26.3 Å². The van der Waals surface area contributed by atoms with Gasteiger partial charge in [0, 0.05) is 19.3 Å². The Kier molecular flexibility index (Phi) is 1.72. The molecule has 1 spiro atoms. The van der Waals surface area contributed by atoms with E-state index in [0.717, 1.165) is 12.8 Å². The van der Waals surface area contributed by atoms with E-state index in [1.807, 2.05) is 18.2 Å². The van der Waals surface area contributed by atoms with Gasteiger partial charge in [0.2, 0.25) is 0 Å². The Balaban J connectivity index is 1.98. The number of ether oxygens (including phenoxy) is 1. The second kappa shape index (κ2) is 2.96. The Bertz CT molecular complexity index is 448. The number of rotatable bonds is 0. The van der Waals surface area contributed by atoms with Gasteiger partial charge >= 0.3 is 5.97 Å². The van der Waals surface area contributed by atoms with Gasteiger partial charge in [0.1, 0.15) is 5.60 Å². The summed E-state index contributed by atoms with van der Waals surface area (Å²) >= 11 is 0. The van der Waals surface area contributed by atoms with Crippen molar-refractivity contribution in [3.63, 3.8) is 0 Å². The van der Waals surface area contributed by atoms with Gasteiger partial charge < -0.3 is 4.74 Å². The fourth-order valence-corrected chi connectivity index (χ4v) is 2.36. The van der Waals surface area contributed by atoms with Crippen LogP contribution in [0.25, 0.3) is 6.08 Å². The molecule has 2 nitrogen and oxygen atoms in total. The number of benzene rings is 1. The first-order valence-electron chi connectivity index (χ1n) is 5.26. The Morgan fingerprint density at radius 2 is 2.13 bits per heavy atom.